The third-order valence-corrected chi connectivity index (χ3v) is 20.0. The van der Waals surface area contributed by atoms with Gasteiger partial charge in [-0.2, -0.15) is 0 Å². The molecule has 0 atom stereocenters. The van der Waals surface area contributed by atoms with Crippen LogP contribution in [0.2, 0.25) is 0 Å². The standard InChI is InChI=1S/C50H32N2O.C49H31N3O/c1-4-14-34(15-5-1)43-31-44-48-40(24-13-25-47(48)53-49(44)42-23-11-10-22-41(42)43)39-21-12-20-38(30-39)33-26-28-36(29-27-33)46-32-45(35-16-6-2-7-17-35)51-50(52-46)37-18-8-3-9-19-37;1-4-14-33(15-5-1)42-31-43-45-39(24-13-25-44(45)53-46(43)41-23-11-10-22-40(41)42)38-21-12-20-37(30-38)32-26-28-36(29-27-32)49-51-47(34-16-6-2-7-17-34)50-48(52-49)35-18-8-3-9-19-35/h1-32H;1-31H. The molecule has 0 saturated heterocycles. The number of hydrogen-bond acceptors (Lipinski definition) is 7. The molecule has 0 spiro atoms. The topological polar surface area (TPSA) is 90.7 Å². The second-order valence-electron chi connectivity index (χ2n) is 26.5. The maximum atomic E-state index is 6.65. The average molecular weight is 1350 g/mol. The highest BCUT2D eigenvalue weighted by molar-refractivity contribution is 6.24. The monoisotopic (exact) mass is 1350 g/mol. The van der Waals surface area contributed by atoms with E-state index in [0.717, 1.165) is 144 Å². The molecule has 20 aromatic rings. The summed E-state index contributed by atoms with van der Waals surface area (Å²) >= 11 is 0. The number of fused-ring (bicyclic) bond motifs is 10. The third-order valence-electron chi connectivity index (χ3n) is 20.0. The van der Waals surface area contributed by atoms with Crippen LogP contribution in [0.15, 0.2) is 391 Å². The lowest BCUT2D eigenvalue weighted by molar-refractivity contribution is 0.672. The van der Waals surface area contributed by atoms with Crippen LogP contribution in [0.25, 0.3) is 200 Å². The molecule has 16 aromatic carbocycles. The Hall–Kier alpha value is -14.3. The Labute approximate surface area is 612 Å². The molecule has 496 valence electrons. The molecule has 0 saturated carbocycles. The largest absolute Gasteiger partial charge is 0.455 e. The van der Waals surface area contributed by atoms with Crippen molar-refractivity contribution in [2.75, 3.05) is 0 Å². The van der Waals surface area contributed by atoms with Crippen molar-refractivity contribution in [3.05, 3.63) is 382 Å². The fourth-order valence-corrected chi connectivity index (χ4v) is 14.9. The molecule has 7 nitrogen and oxygen atoms in total. The predicted molar refractivity (Wildman–Crippen MR) is 437 cm³/mol. The Morgan fingerprint density at radius 3 is 0.840 bits per heavy atom. The van der Waals surface area contributed by atoms with Crippen LogP contribution in [0.1, 0.15) is 0 Å². The Morgan fingerprint density at radius 2 is 0.443 bits per heavy atom. The summed E-state index contributed by atoms with van der Waals surface area (Å²) in [4.78, 5) is 24.7. The minimum Gasteiger partial charge on any atom is -0.455 e. The van der Waals surface area contributed by atoms with E-state index in [1.807, 2.05) is 97.1 Å². The van der Waals surface area contributed by atoms with E-state index in [1.54, 1.807) is 0 Å². The number of furan rings is 2. The maximum absolute atomic E-state index is 6.65. The van der Waals surface area contributed by atoms with Crippen LogP contribution in [0.3, 0.4) is 0 Å². The normalized spacial score (nSPS) is 11.4. The first-order valence-corrected chi connectivity index (χ1v) is 35.7. The molecule has 20 rings (SSSR count). The van der Waals surface area contributed by atoms with Gasteiger partial charge in [0, 0.05) is 65.7 Å². The smallest absolute Gasteiger partial charge is 0.164 e. The van der Waals surface area contributed by atoms with E-state index >= 15 is 0 Å². The van der Waals surface area contributed by atoms with Gasteiger partial charge in [-0.3, -0.25) is 0 Å². The molecule has 0 unspecified atom stereocenters. The van der Waals surface area contributed by atoms with Crippen LogP contribution >= 0.6 is 0 Å². The summed E-state index contributed by atoms with van der Waals surface area (Å²) in [5, 5.41) is 9.10. The minimum absolute atomic E-state index is 0.638. The van der Waals surface area contributed by atoms with Gasteiger partial charge in [-0.1, -0.05) is 340 Å². The summed E-state index contributed by atoms with van der Waals surface area (Å²) in [5.74, 6) is 2.65. The van der Waals surface area contributed by atoms with Crippen molar-refractivity contribution < 1.29 is 8.83 Å². The first-order valence-electron chi connectivity index (χ1n) is 35.7. The first-order chi connectivity index (χ1) is 52.5. The predicted octanol–water partition coefficient (Wildman–Crippen LogP) is 26.5. The molecular formula is C99H63N5O2. The summed E-state index contributed by atoms with van der Waals surface area (Å²) in [6.07, 6.45) is 0. The van der Waals surface area contributed by atoms with Crippen molar-refractivity contribution in [3.8, 4) is 135 Å². The molecule has 0 bridgehead atoms. The molecule has 4 aromatic heterocycles. The fourth-order valence-electron chi connectivity index (χ4n) is 14.9. The average Bonchev–Trinajstić information content (AvgIpc) is 1.55. The van der Waals surface area contributed by atoms with Gasteiger partial charge in [-0.05, 0) is 120 Å². The first kappa shape index (κ1) is 62.7. The van der Waals surface area contributed by atoms with Crippen LogP contribution in [-0.4, -0.2) is 24.9 Å². The van der Waals surface area contributed by atoms with Gasteiger partial charge in [-0.15, -0.1) is 0 Å². The van der Waals surface area contributed by atoms with E-state index in [1.165, 1.54) is 33.0 Å². The van der Waals surface area contributed by atoms with Crippen LogP contribution in [0.5, 0.6) is 0 Å². The summed E-state index contributed by atoms with van der Waals surface area (Å²) in [6.45, 7) is 0. The van der Waals surface area contributed by atoms with E-state index in [2.05, 4.69) is 285 Å². The van der Waals surface area contributed by atoms with Crippen molar-refractivity contribution >= 4 is 65.4 Å². The zero-order chi connectivity index (χ0) is 70.3. The van der Waals surface area contributed by atoms with Gasteiger partial charge in [0.05, 0.1) is 11.4 Å². The molecule has 0 aliphatic rings. The zero-order valence-electron chi connectivity index (χ0n) is 57.4. The molecule has 0 aliphatic carbocycles. The molecule has 106 heavy (non-hydrogen) atoms. The van der Waals surface area contributed by atoms with Crippen molar-refractivity contribution in [2.24, 2.45) is 0 Å². The van der Waals surface area contributed by atoms with Crippen LogP contribution in [-0.2, 0) is 0 Å². The SMILES string of the molecule is c1ccc(-c2cc(-c3ccc(-c4cccc(-c5cccc6oc7c8ccccc8c(-c8ccccc8)cc7c56)c4)cc3)nc(-c3ccccc3)n2)cc1.c1ccc(-c2nc(-c3ccccc3)nc(-c3ccc(-c4cccc(-c5cccc6oc7c8ccccc8c(-c8ccccc8)cc7c56)c4)cc3)n2)cc1. The second-order valence-corrected chi connectivity index (χ2v) is 26.5. The van der Waals surface area contributed by atoms with Gasteiger partial charge in [0.25, 0.3) is 0 Å². The highest BCUT2D eigenvalue weighted by atomic mass is 16.3. The van der Waals surface area contributed by atoms with Crippen LogP contribution in [0.4, 0.5) is 0 Å². The van der Waals surface area contributed by atoms with Gasteiger partial charge >= 0.3 is 0 Å². The Balaban J connectivity index is 0.000000145. The second kappa shape index (κ2) is 27.3. The van der Waals surface area contributed by atoms with Crippen LogP contribution < -0.4 is 0 Å². The summed E-state index contributed by atoms with van der Waals surface area (Å²) in [6, 6.07) is 133. The number of aromatic nitrogens is 5. The molecule has 0 aliphatic heterocycles. The zero-order valence-corrected chi connectivity index (χ0v) is 57.4. The Morgan fingerprint density at radius 1 is 0.160 bits per heavy atom. The molecule has 0 fully saturated rings. The number of benzene rings is 16. The van der Waals surface area contributed by atoms with E-state index in [0.29, 0.717) is 23.3 Å². The van der Waals surface area contributed by atoms with Crippen molar-refractivity contribution in [3.63, 3.8) is 0 Å². The molecule has 7 heteroatoms. The Kier molecular flexibility index (Phi) is 16.1. The molecule has 0 N–H and O–H groups in total. The maximum Gasteiger partial charge on any atom is 0.164 e. The van der Waals surface area contributed by atoms with Gasteiger partial charge < -0.3 is 8.83 Å². The van der Waals surface area contributed by atoms with Crippen molar-refractivity contribution in [2.45, 2.75) is 0 Å². The van der Waals surface area contributed by atoms with E-state index in [-0.39, 0.29) is 0 Å². The van der Waals surface area contributed by atoms with Gasteiger partial charge in [-0.25, -0.2) is 24.9 Å². The van der Waals surface area contributed by atoms with E-state index < -0.39 is 0 Å². The van der Waals surface area contributed by atoms with E-state index in [4.69, 9.17) is 33.8 Å². The highest BCUT2D eigenvalue weighted by Crippen LogP contribution is 2.46. The van der Waals surface area contributed by atoms with E-state index in [9.17, 15) is 0 Å². The number of nitrogens with zero attached hydrogens (tertiary/aromatic N) is 5. The lowest BCUT2D eigenvalue weighted by Crippen LogP contribution is -2.00. The molecule has 0 amide bonds. The lowest BCUT2D eigenvalue weighted by Gasteiger charge is -2.11. The quantitative estimate of drug-likeness (QED) is 0.120. The minimum atomic E-state index is 0.638. The third kappa shape index (κ3) is 11.9. The van der Waals surface area contributed by atoms with Gasteiger partial charge in [0.15, 0.2) is 23.3 Å². The summed E-state index contributed by atoms with van der Waals surface area (Å²) < 4.78 is 13.3. The lowest BCUT2D eigenvalue weighted by atomic mass is 9.92. The number of hydrogen-bond donors (Lipinski definition) is 0. The molecule has 4 heterocycles. The summed E-state index contributed by atoms with van der Waals surface area (Å²) in [7, 11) is 0. The molecule has 0 radical (unpaired) electrons. The van der Waals surface area contributed by atoms with Crippen molar-refractivity contribution in [1.29, 1.82) is 0 Å². The Bertz CT molecular complexity index is 6120. The van der Waals surface area contributed by atoms with Crippen molar-refractivity contribution in [1.82, 2.24) is 24.9 Å². The molecular weight excluding hydrogens is 1290 g/mol. The summed E-state index contributed by atoms with van der Waals surface area (Å²) in [5.41, 5.74) is 25.2. The fraction of sp³-hybridized carbons (Fsp3) is 0. The number of rotatable bonds is 12. The van der Waals surface area contributed by atoms with Gasteiger partial charge in [0.1, 0.15) is 22.3 Å². The van der Waals surface area contributed by atoms with Gasteiger partial charge in [0.2, 0.25) is 0 Å². The van der Waals surface area contributed by atoms with Crippen LogP contribution in [0, 0.1) is 0 Å². The highest BCUT2D eigenvalue weighted by Gasteiger charge is 2.22.